The minimum absolute atomic E-state index is 0.0885. The number of hydrogen-bond acceptors (Lipinski definition) is 3. The molecule has 0 aliphatic rings. The Morgan fingerprint density at radius 3 is 2.47 bits per heavy atom. The SMILES string of the molecule is CCCCC(CC)C(C)(O)C(O)c1ccc(C)cn1. The number of pyridine rings is 1. The number of rotatable bonds is 7. The molecule has 0 aliphatic heterocycles. The lowest BCUT2D eigenvalue weighted by molar-refractivity contribution is -0.108. The first-order valence-corrected chi connectivity index (χ1v) is 7.26. The zero-order valence-electron chi connectivity index (χ0n) is 12.6. The quantitative estimate of drug-likeness (QED) is 0.794. The van der Waals surface area contributed by atoms with E-state index in [0.29, 0.717) is 5.69 Å². The highest BCUT2D eigenvalue weighted by Crippen LogP contribution is 2.35. The summed E-state index contributed by atoms with van der Waals surface area (Å²) in [6, 6.07) is 3.70. The van der Waals surface area contributed by atoms with Gasteiger partial charge >= 0.3 is 0 Å². The lowest BCUT2D eigenvalue weighted by Gasteiger charge is -2.36. The maximum atomic E-state index is 10.7. The molecule has 0 aromatic carbocycles. The predicted molar refractivity (Wildman–Crippen MR) is 77.9 cm³/mol. The molecule has 19 heavy (non-hydrogen) atoms. The van der Waals surface area contributed by atoms with E-state index in [9.17, 15) is 10.2 Å². The fourth-order valence-electron chi connectivity index (χ4n) is 2.52. The molecule has 3 heteroatoms. The number of aromatic nitrogens is 1. The van der Waals surface area contributed by atoms with Crippen molar-refractivity contribution >= 4 is 0 Å². The van der Waals surface area contributed by atoms with Crippen LogP contribution in [0.1, 0.15) is 63.8 Å². The highest BCUT2D eigenvalue weighted by molar-refractivity contribution is 5.16. The molecule has 0 saturated heterocycles. The van der Waals surface area contributed by atoms with Crippen LogP contribution in [0.15, 0.2) is 18.3 Å². The molecule has 0 bridgehead atoms. The Morgan fingerprint density at radius 2 is 2.00 bits per heavy atom. The monoisotopic (exact) mass is 265 g/mol. The van der Waals surface area contributed by atoms with Gasteiger partial charge in [-0.2, -0.15) is 0 Å². The second-order valence-electron chi connectivity index (χ2n) is 5.64. The Balaban J connectivity index is 2.86. The molecule has 108 valence electrons. The Hall–Kier alpha value is -0.930. The molecule has 0 spiro atoms. The Morgan fingerprint density at radius 1 is 1.32 bits per heavy atom. The number of unbranched alkanes of at least 4 members (excludes halogenated alkanes) is 1. The van der Waals surface area contributed by atoms with Crippen molar-refractivity contribution in [1.29, 1.82) is 0 Å². The molecule has 1 aromatic rings. The van der Waals surface area contributed by atoms with Crippen LogP contribution >= 0.6 is 0 Å². The molecule has 0 radical (unpaired) electrons. The van der Waals surface area contributed by atoms with Gasteiger partial charge < -0.3 is 10.2 Å². The molecule has 3 unspecified atom stereocenters. The van der Waals surface area contributed by atoms with Gasteiger partial charge in [-0.1, -0.05) is 39.2 Å². The molecule has 0 amide bonds. The van der Waals surface area contributed by atoms with Crippen molar-refractivity contribution in [3.63, 3.8) is 0 Å². The van der Waals surface area contributed by atoms with Gasteiger partial charge in [0, 0.05) is 6.20 Å². The van der Waals surface area contributed by atoms with Gasteiger partial charge in [0.25, 0.3) is 0 Å². The molecular formula is C16H27NO2. The topological polar surface area (TPSA) is 53.4 Å². The van der Waals surface area contributed by atoms with Crippen molar-refractivity contribution in [2.75, 3.05) is 0 Å². The third-order valence-electron chi connectivity index (χ3n) is 3.99. The average Bonchev–Trinajstić information content (AvgIpc) is 2.39. The van der Waals surface area contributed by atoms with E-state index >= 15 is 0 Å². The minimum atomic E-state index is -1.13. The fraction of sp³-hybridized carbons (Fsp3) is 0.688. The van der Waals surface area contributed by atoms with Crippen LogP contribution in [0.3, 0.4) is 0 Å². The molecule has 1 heterocycles. The van der Waals surface area contributed by atoms with E-state index < -0.39 is 11.7 Å². The number of aliphatic hydroxyl groups is 2. The molecule has 1 aromatic heterocycles. The van der Waals surface area contributed by atoms with Gasteiger partial charge in [-0.25, -0.2) is 0 Å². The zero-order chi connectivity index (χ0) is 14.5. The molecule has 3 nitrogen and oxygen atoms in total. The molecule has 0 saturated carbocycles. The van der Waals surface area contributed by atoms with E-state index in [2.05, 4.69) is 18.8 Å². The maximum Gasteiger partial charge on any atom is 0.124 e. The van der Waals surface area contributed by atoms with Crippen LogP contribution in [0.2, 0.25) is 0 Å². The van der Waals surface area contributed by atoms with Gasteiger partial charge in [-0.15, -0.1) is 0 Å². The Labute approximate surface area is 116 Å². The Kier molecular flexibility index (Phi) is 5.95. The van der Waals surface area contributed by atoms with E-state index in [1.165, 1.54) is 0 Å². The minimum Gasteiger partial charge on any atom is -0.387 e. The van der Waals surface area contributed by atoms with Crippen molar-refractivity contribution in [3.05, 3.63) is 29.6 Å². The second kappa shape index (κ2) is 7.01. The third kappa shape index (κ3) is 4.02. The second-order valence-corrected chi connectivity index (χ2v) is 5.64. The highest BCUT2D eigenvalue weighted by atomic mass is 16.3. The lowest BCUT2D eigenvalue weighted by atomic mass is 9.78. The first-order valence-electron chi connectivity index (χ1n) is 7.26. The first-order chi connectivity index (χ1) is 8.93. The summed E-state index contributed by atoms with van der Waals surface area (Å²) in [4.78, 5) is 4.23. The summed E-state index contributed by atoms with van der Waals surface area (Å²) < 4.78 is 0. The summed E-state index contributed by atoms with van der Waals surface area (Å²) in [6.45, 7) is 7.88. The summed E-state index contributed by atoms with van der Waals surface area (Å²) in [5.74, 6) is 0.0885. The summed E-state index contributed by atoms with van der Waals surface area (Å²) in [5.41, 5.74) is 0.464. The van der Waals surface area contributed by atoms with Gasteiger partial charge in [-0.3, -0.25) is 4.98 Å². The van der Waals surface area contributed by atoms with Crippen molar-refractivity contribution in [2.45, 2.75) is 65.1 Å². The van der Waals surface area contributed by atoms with Crippen LogP contribution < -0.4 is 0 Å². The average molecular weight is 265 g/mol. The predicted octanol–water partition coefficient (Wildman–Crippen LogP) is 3.39. The molecule has 0 fully saturated rings. The van der Waals surface area contributed by atoms with Gasteiger partial charge in [0.05, 0.1) is 11.3 Å². The summed E-state index contributed by atoms with van der Waals surface area (Å²) in [6.07, 6.45) is 4.75. The number of aliphatic hydroxyl groups excluding tert-OH is 1. The van der Waals surface area contributed by atoms with E-state index in [0.717, 1.165) is 31.2 Å². The smallest absolute Gasteiger partial charge is 0.124 e. The summed E-state index contributed by atoms with van der Waals surface area (Å²) in [7, 11) is 0. The largest absolute Gasteiger partial charge is 0.387 e. The molecule has 3 atom stereocenters. The first kappa shape index (κ1) is 16.1. The van der Waals surface area contributed by atoms with Crippen LogP contribution in [0.25, 0.3) is 0 Å². The normalized spacial score (nSPS) is 17.8. The molecular weight excluding hydrogens is 238 g/mol. The van der Waals surface area contributed by atoms with Crippen molar-refractivity contribution in [3.8, 4) is 0 Å². The van der Waals surface area contributed by atoms with Crippen molar-refractivity contribution in [1.82, 2.24) is 4.98 Å². The highest BCUT2D eigenvalue weighted by Gasteiger charge is 2.38. The van der Waals surface area contributed by atoms with Crippen molar-refractivity contribution < 1.29 is 10.2 Å². The van der Waals surface area contributed by atoms with Crippen LogP contribution in [0.5, 0.6) is 0 Å². The van der Waals surface area contributed by atoms with E-state index in [1.54, 1.807) is 19.2 Å². The maximum absolute atomic E-state index is 10.7. The van der Waals surface area contributed by atoms with Gasteiger partial charge in [0.15, 0.2) is 0 Å². The third-order valence-corrected chi connectivity index (χ3v) is 3.99. The summed E-state index contributed by atoms with van der Waals surface area (Å²) in [5, 5.41) is 21.1. The van der Waals surface area contributed by atoms with Gasteiger partial charge in [-0.05, 0) is 37.8 Å². The van der Waals surface area contributed by atoms with Gasteiger partial charge in [0.2, 0.25) is 0 Å². The Bertz CT molecular complexity index is 373. The molecule has 2 N–H and O–H groups in total. The van der Waals surface area contributed by atoms with Crippen LogP contribution in [0.4, 0.5) is 0 Å². The van der Waals surface area contributed by atoms with Crippen molar-refractivity contribution in [2.24, 2.45) is 5.92 Å². The van der Waals surface area contributed by atoms with Gasteiger partial charge in [0.1, 0.15) is 6.10 Å². The number of nitrogens with zero attached hydrogens (tertiary/aromatic N) is 1. The fourth-order valence-corrected chi connectivity index (χ4v) is 2.52. The van der Waals surface area contributed by atoms with Crippen LogP contribution in [-0.4, -0.2) is 20.8 Å². The van der Waals surface area contributed by atoms with E-state index in [-0.39, 0.29) is 5.92 Å². The number of aryl methyl sites for hydroxylation is 1. The molecule has 0 aliphatic carbocycles. The lowest BCUT2D eigenvalue weighted by Crippen LogP contribution is -2.41. The van der Waals surface area contributed by atoms with Crippen LogP contribution in [0, 0.1) is 12.8 Å². The standard InChI is InChI=1S/C16H27NO2/c1-5-7-8-13(6-2)16(4,19)15(18)14-10-9-12(3)11-17-14/h9-11,13,15,18-19H,5-8H2,1-4H3. The van der Waals surface area contributed by atoms with Crippen LogP contribution in [-0.2, 0) is 0 Å². The van der Waals surface area contributed by atoms with E-state index in [4.69, 9.17) is 0 Å². The van der Waals surface area contributed by atoms with E-state index in [1.807, 2.05) is 13.0 Å². The zero-order valence-corrected chi connectivity index (χ0v) is 12.6. The molecule has 1 rings (SSSR count). The number of hydrogen-bond donors (Lipinski definition) is 2. The summed E-state index contributed by atoms with van der Waals surface area (Å²) >= 11 is 0.